The smallest absolute Gasteiger partial charge is 0.466 e. The van der Waals surface area contributed by atoms with E-state index >= 15 is 4.39 Å². The van der Waals surface area contributed by atoms with Crippen LogP contribution in [0.5, 0.6) is 5.75 Å². The van der Waals surface area contributed by atoms with Crippen LogP contribution in [0.15, 0.2) is 59.5 Å². The zero-order valence-electron chi connectivity index (χ0n) is 23.6. The molecule has 0 spiro atoms. The second kappa shape index (κ2) is 11.8. The zero-order chi connectivity index (χ0) is 30.9. The van der Waals surface area contributed by atoms with E-state index in [1.165, 1.54) is 30.7 Å². The fourth-order valence-electron chi connectivity index (χ4n) is 5.72. The standard InChI is InChI=1S/C30H29F2N3O8/c1-30(2,28(38)40-3)43-29(39)42-16-41-26-21(36)15-33-35-24(20-13-8-14-34(20)27(37)25(26)35)22(17-9-5-4-6-10-17)18-11-7-12-19(31)23(18)32/h4-7,9-12,15,20,22,24H,8,13-14,16H2,1-3H3/t20-,22-,24-/m1/s1. The summed E-state index contributed by atoms with van der Waals surface area (Å²) < 4.78 is 51.2. The van der Waals surface area contributed by atoms with Gasteiger partial charge in [-0.2, -0.15) is 5.10 Å². The first-order valence-corrected chi connectivity index (χ1v) is 13.5. The number of fused-ring (bicyclic) bond motifs is 2. The number of methoxy groups -OCH3 is 1. The zero-order valence-corrected chi connectivity index (χ0v) is 23.6. The van der Waals surface area contributed by atoms with E-state index < -0.39 is 71.2 Å². The molecule has 2 aromatic carbocycles. The van der Waals surface area contributed by atoms with Crippen molar-refractivity contribution < 1.29 is 42.1 Å². The molecule has 0 N–H and O–H groups in total. The molecule has 0 unspecified atom stereocenters. The minimum Gasteiger partial charge on any atom is -0.466 e. The maximum absolute atomic E-state index is 15.4. The number of nitrogens with zero attached hydrogens (tertiary/aromatic N) is 3. The number of carbonyl (C=O) groups is 3. The van der Waals surface area contributed by atoms with Crippen LogP contribution in [0.1, 0.15) is 60.3 Å². The Labute approximate surface area is 244 Å². The van der Waals surface area contributed by atoms with Crippen molar-refractivity contribution in [2.45, 2.75) is 50.3 Å². The van der Waals surface area contributed by atoms with Gasteiger partial charge in [-0.05, 0) is 38.3 Å². The highest BCUT2D eigenvalue weighted by atomic mass is 19.2. The average molecular weight is 598 g/mol. The molecule has 13 heteroatoms. The Kier molecular flexibility index (Phi) is 8.16. The van der Waals surface area contributed by atoms with Gasteiger partial charge in [0, 0.05) is 18.0 Å². The van der Waals surface area contributed by atoms with E-state index in [9.17, 15) is 23.6 Å². The summed E-state index contributed by atoms with van der Waals surface area (Å²) in [6.45, 7) is 2.11. The van der Waals surface area contributed by atoms with Crippen LogP contribution >= 0.6 is 0 Å². The molecule has 3 heterocycles. The maximum atomic E-state index is 15.4. The van der Waals surface area contributed by atoms with Crippen LogP contribution < -0.4 is 10.2 Å². The number of carbonyl (C=O) groups excluding carboxylic acids is 3. The third kappa shape index (κ3) is 5.54. The molecule has 5 rings (SSSR count). The molecule has 2 aliphatic heterocycles. The van der Waals surface area contributed by atoms with Gasteiger partial charge in [-0.3, -0.25) is 14.3 Å². The van der Waals surface area contributed by atoms with Crippen LogP contribution in [0.2, 0.25) is 0 Å². The van der Waals surface area contributed by atoms with Gasteiger partial charge >= 0.3 is 12.1 Å². The number of benzene rings is 2. The van der Waals surface area contributed by atoms with Crippen LogP contribution in [-0.2, 0) is 19.0 Å². The monoisotopic (exact) mass is 597 g/mol. The van der Waals surface area contributed by atoms with Crippen molar-refractivity contribution in [3.05, 3.63) is 93.4 Å². The lowest BCUT2D eigenvalue weighted by atomic mass is 9.79. The lowest BCUT2D eigenvalue weighted by molar-refractivity contribution is -0.161. The summed E-state index contributed by atoms with van der Waals surface area (Å²) in [6, 6.07) is 11.6. The first-order valence-electron chi connectivity index (χ1n) is 13.5. The summed E-state index contributed by atoms with van der Waals surface area (Å²) in [6.07, 6.45) is 0.866. The summed E-state index contributed by atoms with van der Waals surface area (Å²) in [5.74, 6) is -4.68. The molecule has 2 aliphatic rings. The van der Waals surface area contributed by atoms with Gasteiger partial charge in [0.2, 0.25) is 23.6 Å². The van der Waals surface area contributed by atoms with E-state index in [-0.39, 0.29) is 11.3 Å². The van der Waals surface area contributed by atoms with Crippen molar-refractivity contribution in [2.75, 3.05) is 20.4 Å². The number of aromatic nitrogens is 2. The number of amides is 1. The summed E-state index contributed by atoms with van der Waals surface area (Å²) >= 11 is 0. The fourth-order valence-corrected chi connectivity index (χ4v) is 5.72. The van der Waals surface area contributed by atoms with E-state index in [2.05, 4.69) is 9.84 Å². The largest absolute Gasteiger partial charge is 0.512 e. The highest BCUT2D eigenvalue weighted by Gasteiger charge is 2.49. The van der Waals surface area contributed by atoms with Gasteiger partial charge in [0.05, 0.1) is 25.4 Å². The van der Waals surface area contributed by atoms with Crippen LogP contribution in [0.25, 0.3) is 0 Å². The van der Waals surface area contributed by atoms with Crippen LogP contribution in [-0.4, -0.2) is 64.8 Å². The topological polar surface area (TPSA) is 126 Å². The number of rotatable bonds is 8. The molecule has 226 valence electrons. The van der Waals surface area contributed by atoms with Gasteiger partial charge < -0.3 is 23.8 Å². The van der Waals surface area contributed by atoms with E-state index in [0.29, 0.717) is 24.9 Å². The van der Waals surface area contributed by atoms with Crippen molar-refractivity contribution in [1.29, 1.82) is 0 Å². The highest BCUT2D eigenvalue weighted by Crippen LogP contribution is 2.46. The molecule has 1 fully saturated rings. The molecule has 1 aromatic heterocycles. The van der Waals surface area contributed by atoms with Crippen LogP contribution in [0, 0.1) is 11.6 Å². The SMILES string of the molecule is COC(=O)C(C)(C)OC(=O)OCOc1c2n(ncc1=O)[C@@H]([C@H](c1ccccc1)c1cccc(F)c1F)[C@H]1CCCN1C2=O. The Morgan fingerprint density at radius 2 is 1.84 bits per heavy atom. The van der Waals surface area contributed by atoms with E-state index in [4.69, 9.17) is 14.2 Å². The summed E-state index contributed by atoms with van der Waals surface area (Å²) in [4.78, 5) is 52.3. The molecular weight excluding hydrogens is 568 g/mol. The first kappa shape index (κ1) is 29.7. The fraction of sp³-hybridized carbons (Fsp3) is 0.367. The van der Waals surface area contributed by atoms with Crippen molar-refractivity contribution in [1.82, 2.24) is 14.7 Å². The Hall–Kier alpha value is -4.81. The number of hydrogen-bond acceptors (Lipinski definition) is 9. The van der Waals surface area contributed by atoms with Crippen molar-refractivity contribution >= 4 is 18.0 Å². The summed E-state index contributed by atoms with van der Waals surface area (Å²) in [7, 11) is 1.13. The number of esters is 1. The second-order valence-electron chi connectivity index (χ2n) is 10.6. The van der Waals surface area contributed by atoms with Gasteiger partial charge in [0.1, 0.15) is 0 Å². The molecule has 3 atom stereocenters. The molecule has 0 saturated carbocycles. The molecule has 43 heavy (non-hydrogen) atoms. The Morgan fingerprint density at radius 1 is 1.09 bits per heavy atom. The second-order valence-corrected chi connectivity index (χ2v) is 10.6. The quantitative estimate of drug-likeness (QED) is 0.280. The maximum Gasteiger partial charge on any atom is 0.512 e. The van der Waals surface area contributed by atoms with Crippen molar-refractivity contribution in [2.24, 2.45) is 0 Å². The van der Waals surface area contributed by atoms with E-state index in [0.717, 1.165) is 19.4 Å². The van der Waals surface area contributed by atoms with Gasteiger partial charge in [0.25, 0.3) is 5.91 Å². The van der Waals surface area contributed by atoms with Gasteiger partial charge in [-0.1, -0.05) is 42.5 Å². The van der Waals surface area contributed by atoms with Crippen molar-refractivity contribution in [3.63, 3.8) is 0 Å². The molecule has 11 nitrogen and oxygen atoms in total. The molecule has 3 aromatic rings. The number of ether oxygens (including phenoxy) is 4. The van der Waals surface area contributed by atoms with Crippen molar-refractivity contribution in [3.8, 4) is 5.75 Å². The predicted molar refractivity (Wildman–Crippen MR) is 145 cm³/mol. The highest BCUT2D eigenvalue weighted by molar-refractivity contribution is 5.96. The van der Waals surface area contributed by atoms with Gasteiger partial charge in [0.15, 0.2) is 17.3 Å². The summed E-state index contributed by atoms with van der Waals surface area (Å²) in [5, 5.41) is 4.29. The molecule has 1 saturated heterocycles. The molecule has 1 amide bonds. The van der Waals surface area contributed by atoms with Crippen LogP contribution in [0.4, 0.5) is 13.6 Å². The Morgan fingerprint density at radius 3 is 2.56 bits per heavy atom. The molecular formula is C30H29F2N3O8. The average Bonchev–Trinajstić information content (AvgIpc) is 3.48. The normalized spacial score (nSPS) is 18.3. The minimum atomic E-state index is -1.66. The third-order valence-electron chi connectivity index (χ3n) is 7.62. The number of hydrogen-bond donors (Lipinski definition) is 0. The summed E-state index contributed by atoms with van der Waals surface area (Å²) in [5.41, 5.74) is -1.94. The minimum absolute atomic E-state index is 0.0608. The first-order chi connectivity index (χ1) is 20.5. The number of halogens is 2. The van der Waals surface area contributed by atoms with Crippen LogP contribution in [0.3, 0.4) is 0 Å². The lowest BCUT2D eigenvalue weighted by Gasteiger charge is -2.42. The molecule has 0 bridgehead atoms. The molecule has 0 radical (unpaired) electrons. The lowest BCUT2D eigenvalue weighted by Crippen LogP contribution is -2.51. The third-order valence-corrected chi connectivity index (χ3v) is 7.62. The predicted octanol–water partition coefficient (Wildman–Crippen LogP) is 3.95. The Balaban J connectivity index is 1.55. The molecule has 0 aliphatic carbocycles. The van der Waals surface area contributed by atoms with E-state index in [1.807, 2.05) is 0 Å². The Bertz CT molecular complexity index is 1610. The van der Waals surface area contributed by atoms with Gasteiger partial charge in [-0.25, -0.2) is 18.4 Å². The van der Waals surface area contributed by atoms with E-state index in [1.54, 1.807) is 35.2 Å². The van der Waals surface area contributed by atoms with Gasteiger partial charge in [-0.15, -0.1) is 0 Å².